The zero-order chi connectivity index (χ0) is 20.1. The molecule has 2 aromatic carbocycles. The molecule has 0 spiro atoms. The Morgan fingerprint density at radius 3 is 2.57 bits per heavy atom. The third kappa shape index (κ3) is 4.70. The number of carbonyl (C=O) groups is 2. The van der Waals surface area contributed by atoms with Gasteiger partial charge >= 0.3 is 11.8 Å². The first-order valence-electron chi connectivity index (χ1n) is 9.60. The summed E-state index contributed by atoms with van der Waals surface area (Å²) in [6, 6.07) is 15.5. The number of carbonyl (C=O) groups excluding carboxylic acids is 2. The molecule has 1 heterocycles. The first kappa shape index (κ1) is 19.9. The van der Waals surface area contributed by atoms with Gasteiger partial charge < -0.3 is 20.4 Å². The number of amides is 2. The molecule has 1 aliphatic rings. The van der Waals surface area contributed by atoms with E-state index in [1.165, 1.54) is 11.3 Å². The predicted octanol–water partition coefficient (Wildman–Crippen LogP) is 2.43. The van der Waals surface area contributed by atoms with Crippen LogP contribution < -0.4 is 15.5 Å². The van der Waals surface area contributed by atoms with Crippen LogP contribution in [-0.4, -0.2) is 50.9 Å². The third-order valence-electron chi connectivity index (χ3n) is 5.16. The van der Waals surface area contributed by atoms with Crippen LogP contribution in [0.25, 0.3) is 0 Å². The molecule has 2 N–H and O–H groups in total. The van der Waals surface area contributed by atoms with Crippen LogP contribution in [0.5, 0.6) is 0 Å². The molecule has 0 radical (unpaired) electrons. The molecular formula is C22H28N4O2. The minimum absolute atomic E-state index is 0.00833. The highest BCUT2D eigenvalue weighted by atomic mass is 16.2. The lowest BCUT2D eigenvalue weighted by atomic mass is 9.96. The zero-order valence-corrected chi connectivity index (χ0v) is 16.7. The molecule has 6 heteroatoms. The van der Waals surface area contributed by atoms with E-state index in [1.807, 2.05) is 32.3 Å². The zero-order valence-electron chi connectivity index (χ0n) is 16.7. The van der Waals surface area contributed by atoms with Gasteiger partial charge in [0.15, 0.2) is 0 Å². The molecule has 0 saturated carbocycles. The van der Waals surface area contributed by atoms with Crippen molar-refractivity contribution in [2.45, 2.75) is 18.9 Å². The minimum atomic E-state index is -0.657. The maximum Gasteiger partial charge on any atom is 0.313 e. The van der Waals surface area contributed by atoms with E-state index in [0.717, 1.165) is 24.9 Å². The van der Waals surface area contributed by atoms with Crippen LogP contribution in [0, 0.1) is 0 Å². The van der Waals surface area contributed by atoms with Crippen LogP contribution in [0.1, 0.15) is 23.6 Å². The van der Waals surface area contributed by atoms with Crippen molar-refractivity contribution in [2.75, 3.05) is 44.4 Å². The van der Waals surface area contributed by atoms with Gasteiger partial charge in [-0.15, -0.1) is 0 Å². The van der Waals surface area contributed by atoms with E-state index < -0.39 is 11.8 Å². The number of aryl methyl sites for hydroxylation is 1. The molecular weight excluding hydrogens is 352 g/mol. The molecule has 0 aromatic heterocycles. The third-order valence-corrected chi connectivity index (χ3v) is 5.16. The number of para-hydroxylation sites is 1. The normalized spacial score (nSPS) is 14.4. The van der Waals surface area contributed by atoms with Crippen molar-refractivity contribution in [1.82, 2.24) is 10.2 Å². The minimum Gasteiger partial charge on any atom is -0.374 e. The van der Waals surface area contributed by atoms with Gasteiger partial charge in [-0.1, -0.05) is 30.3 Å². The highest BCUT2D eigenvalue weighted by Gasteiger charge is 2.21. The average Bonchev–Trinajstić information content (AvgIpc) is 2.68. The Morgan fingerprint density at radius 2 is 1.86 bits per heavy atom. The summed E-state index contributed by atoms with van der Waals surface area (Å²) < 4.78 is 0. The molecule has 1 aliphatic heterocycles. The lowest BCUT2D eigenvalue weighted by molar-refractivity contribution is -0.136. The second-order valence-electron chi connectivity index (χ2n) is 7.42. The number of benzene rings is 2. The molecule has 0 saturated heterocycles. The van der Waals surface area contributed by atoms with Gasteiger partial charge in [0.1, 0.15) is 0 Å². The maximum atomic E-state index is 12.2. The van der Waals surface area contributed by atoms with Gasteiger partial charge in [0.25, 0.3) is 0 Å². The Labute approximate surface area is 166 Å². The lowest BCUT2D eigenvalue weighted by Gasteiger charge is -2.30. The number of nitrogens with zero attached hydrogens (tertiary/aromatic N) is 2. The Balaban J connectivity index is 1.65. The second kappa shape index (κ2) is 8.89. The predicted molar refractivity (Wildman–Crippen MR) is 113 cm³/mol. The Kier molecular flexibility index (Phi) is 6.31. The topological polar surface area (TPSA) is 64.7 Å². The van der Waals surface area contributed by atoms with E-state index in [9.17, 15) is 9.59 Å². The Hall–Kier alpha value is -2.86. The van der Waals surface area contributed by atoms with Crippen molar-refractivity contribution >= 4 is 23.2 Å². The van der Waals surface area contributed by atoms with Crippen LogP contribution in [0.4, 0.5) is 11.4 Å². The second-order valence-corrected chi connectivity index (χ2v) is 7.42. The van der Waals surface area contributed by atoms with Gasteiger partial charge in [0.05, 0.1) is 6.04 Å². The summed E-state index contributed by atoms with van der Waals surface area (Å²) in [6.45, 7) is 1.44. The van der Waals surface area contributed by atoms with E-state index in [4.69, 9.17) is 0 Å². The number of nitrogens with one attached hydrogen (secondary N) is 2. The fraction of sp³-hybridized carbons (Fsp3) is 0.364. The number of rotatable bonds is 5. The summed E-state index contributed by atoms with van der Waals surface area (Å²) in [7, 11) is 6.07. The van der Waals surface area contributed by atoms with E-state index in [0.29, 0.717) is 12.2 Å². The number of fused-ring (bicyclic) bond motifs is 1. The number of likely N-dealkylation sites (N-methyl/N-ethyl adjacent to an activating group) is 1. The summed E-state index contributed by atoms with van der Waals surface area (Å²) in [5.74, 6) is -1.29. The highest BCUT2D eigenvalue weighted by molar-refractivity contribution is 6.39. The van der Waals surface area contributed by atoms with Gasteiger partial charge in [0, 0.05) is 31.5 Å². The molecule has 28 heavy (non-hydrogen) atoms. The van der Waals surface area contributed by atoms with Crippen molar-refractivity contribution in [1.29, 1.82) is 0 Å². The summed E-state index contributed by atoms with van der Waals surface area (Å²) in [5.41, 5.74) is 4.36. The highest BCUT2D eigenvalue weighted by Crippen LogP contribution is 2.29. The Bertz CT molecular complexity index is 836. The molecule has 3 rings (SSSR count). The first-order valence-corrected chi connectivity index (χ1v) is 9.60. The van der Waals surface area contributed by atoms with Crippen molar-refractivity contribution in [3.05, 3.63) is 59.7 Å². The molecule has 1 unspecified atom stereocenters. The largest absolute Gasteiger partial charge is 0.374 e. The van der Waals surface area contributed by atoms with E-state index in [2.05, 4.69) is 45.7 Å². The van der Waals surface area contributed by atoms with Crippen LogP contribution >= 0.6 is 0 Å². The molecule has 1 atom stereocenters. The molecule has 148 valence electrons. The first-order chi connectivity index (χ1) is 13.5. The Morgan fingerprint density at radius 1 is 1.11 bits per heavy atom. The van der Waals surface area contributed by atoms with Gasteiger partial charge in [-0.05, 0) is 56.3 Å². The van der Waals surface area contributed by atoms with Gasteiger partial charge in [-0.2, -0.15) is 0 Å². The molecule has 2 amide bonds. The van der Waals surface area contributed by atoms with Gasteiger partial charge in [0.2, 0.25) is 0 Å². The van der Waals surface area contributed by atoms with Crippen molar-refractivity contribution in [3.8, 4) is 0 Å². The van der Waals surface area contributed by atoms with Gasteiger partial charge in [-0.25, -0.2) is 0 Å². The summed E-state index contributed by atoms with van der Waals surface area (Å²) >= 11 is 0. The summed E-state index contributed by atoms with van der Waals surface area (Å²) in [5, 5.41) is 5.38. The molecule has 0 aliphatic carbocycles. The quantitative estimate of drug-likeness (QED) is 0.782. The fourth-order valence-corrected chi connectivity index (χ4v) is 3.59. The molecule has 0 fully saturated rings. The van der Waals surface area contributed by atoms with Crippen LogP contribution in [0.2, 0.25) is 0 Å². The van der Waals surface area contributed by atoms with Crippen molar-refractivity contribution < 1.29 is 9.59 Å². The smallest absolute Gasteiger partial charge is 0.313 e. The summed E-state index contributed by atoms with van der Waals surface area (Å²) in [6.07, 6.45) is 2.22. The maximum absolute atomic E-state index is 12.2. The SMILES string of the molecule is CN1CCCc2cc(C(CNC(=O)C(=O)Nc3ccccc3)N(C)C)ccc21. The molecule has 0 bridgehead atoms. The number of hydrogen-bond acceptors (Lipinski definition) is 4. The average molecular weight is 380 g/mol. The van der Waals surface area contributed by atoms with Crippen LogP contribution in [0.15, 0.2) is 48.5 Å². The van der Waals surface area contributed by atoms with Crippen LogP contribution in [-0.2, 0) is 16.0 Å². The monoisotopic (exact) mass is 380 g/mol. The number of anilines is 2. The van der Waals surface area contributed by atoms with Crippen LogP contribution in [0.3, 0.4) is 0 Å². The van der Waals surface area contributed by atoms with Crippen molar-refractivity contribution in [3.63, 3.8) is 0 Å². The van der Waals surface area contributed by atoms with E-state index in [1.54, 1.807) is 12.1 Å². The standard InChI is InChI=1S/C22H28N4O2/c1-25(2)20(17-11-12-19-16(14-17)8-7-13-26(19)3)15-23-21(27)22(28)24-18-9-5-4-6-10-18/h4-6,9-12,14,20H,7-8,13,15H2,1-3H3,(H,23,27)(H,24,28). The lowest BCUT2D eigenvalue weighted by Crippen LogP contribution is -2.40. The molecule has 2 aromatic rings. The summed E-state index contributed by atoms with van der Waals surface area (Å²) in [4.78, 5) is 28.7. The number of hydrogen-bond donors (Lipinski definition) is 2. The van der Waals surface area contributed by atoms with E-state index >= 15 is 0 Å². The van der Waals surface area contributed by atoms with E-state index in [-0.39, 0.29) is 6.04 Å². The fourth-order valence-electron chi connectivity index (χ4n) is 3.59. The van der Waals surface area contributed by atoms with Gasteiger partial charge in [-0.3, -0.25) is 9.59 Å². The van der Waals surface area contributed by atoms with Crippen molar-refractivity contribution in [2.24, 2.45) is 0 Å². The molecule has 6 nitrogen and oxygen atoms in total.